The van der Waals surface area contributed by atoms with Crippen molar-refractivity contribution in [2.45, 2.75) is 38.8 Å². The molecule has 1 fully saturated rings. The van der Waals surface area contributed by atoms with Crippen LogP contribution in [0.2, 0.25) is 0 Å². The van der Waals surface area contributed by atoms with E-state index in [0.29, 0.717) is 12.1 Å². The Bertz CT molecular complexity index is 339. The van der Waals surface area contributed by atoms with E-state index in [1.165, 1.54) is 38.0 Å². The molecule has 0 spiro atoms. The lowest BCUT2D eigenvalue weighted by molar-refractivity contribution is 0.200. The second-order valence-electron chi connectivity index (χ2n) is 5.04. The van der Waals surface area contributed by atoms with Crippen LogP contribution in [0.25, 0.3) is 0 Å². The largest absolute Gasteiger partial charge is 0.307 e. The van der Waals surface area contributed by atoms with Crippen molar-refractivity contribution >= 4 is 0 Å². The van der Waals surface area contributed by atoms with Crippen molar-refractivity contribution in [1.82, 2.24) is 20.0 Å². The number of hydrogen-bond acceptors (Lipinski definition) is 3. The van der Waals surface area contributed by atoms with Gasteiger partial charge in [0.15, 0.2) is 0 Å². The Morgan fingerprint density at radius 3 is 2.71 bits per heavy atom. The lowest BCUT2D eigenvalue weighted by Crippen LogP contribution is -2.43. The van der Waals surface area contributed by atoms with Gasteiger partial charge >= 0.3 is 0 Å². The molecule has 0 amide bonds. The van der Waals surface area contributed by atoms with Gasteiger partial charge in [0.2, 0.25) is 0 Å². The zero-order valence-corrected chi connectivity index (χ0v) is 11.2. The number of nitrogens with zero attached hydrogens (tertiary/aromatic N) is 3. The van der Waals surface area contributed by atoms with E-state index >= 15 is 0 Å². The Labute approximate surface area is 104 Å². The maximum absolute atomic E-state index is 4.22. The van der Waals surface area contributed by atoms with Gasteiger partial charge in [-0.2, -0.15) is 5.10 Å². The van der Waals surface area contributed by atoms with Crippen molar-refractivity contribution in [3.8, 4) is 0 Å². The van der Waals surface area contributed by atoms with Crippen LogP contribution in [0.15, 0.2) is 12.4 Å². The lowest BCUT2D eigenvalue weighted by Gasteiger charge is -2.33. The summed E-state index contributed by atoms with van der Waals surface area (Å²) in [5.41, 5.74) is 1.28. The van der Waals surface area contributed by atoms with Gasteiger partial charge in [-0.25, -0.2) is 0 Å². The van der Waals surface area contributed by atoms with E-state index < -0.39 is 0 Å². The molecule has 96 valence electrons. The third-order valence-electron chi connectivity index (χ3n) is 3.75. The van der Waals surface area contributed by atoms with Gasteiger partial charge in [-0.3, -0.25) is 4.68 Å². The molecule has 1 saturated heterocycles. The highest BCUT2D eigenvalue weighted by atomic mass is 15.2. The molecule has 2 heterocycles. The highest BCUT2D eigenvalue weighted by molar-refractivity contribution is 5.09. The van der Waals surface area contributed by atoms with Crippen LogP contribution in [0, 0.1) is 0 Å². The summed E-state index contributed by atoms with van der Waals surface area (Å²) in [6, 6.07) is 1.06. The fourth-order valence-corrected chi connectivity index (χ4v) is 2.53. The Morgan fingerprint density at radius 1 is 1.47 bits per heavy atom. The molecule has 1 aromatic rings. The molecule has 1 aliphatic heterocycles. The molecule has 4 heteroatoms. The van der Waals surface area contributed by atoms with Gasteiger partial charge in [0.25, 0.3) is 0 Å². The molecule has 1 unspecified atom stereocenters. The number of aryl methyl sites for hydroxylation is 1. The summed E-state index contributed by atoms with van der Waals surface area (Å²) in [6.45, 7) is 8.11. The fourth-order valence-electron chi connectivity index (χ4n) is 2.53. The molecular formula is C13H24N4. The monoisotopic (exact) mass is 236 g/mol. The third kappa shape index (κ3) is 3.30. The summed E-state index contributed by atoms with van der Waals surface area (Å²) in [6.07, 6.45) is 6.58. The van der Waals surface area contributed by atoms with Gasteiger partial charge in [0, 0.05) is 30.9 Å². The molecule has 17 heavy (non-hydrogen) atoms. The Balaban J connectivity index is 1.81. The number of likely N-dealkylation sites (tertiary alicyclic amines) is 1. The van der Waals surface area contributed by atoms with Crippen LogP contribution in [-0.4, -0.2) is 40.4 Å². The minimum atomic E-state index is 0.405. The van der Waals surface area contributed by atoms with Gasteiger partial charge in [0.1, 0.15) is 0 Å². The van der Waals surface area contributed by atoms with Crippen LogP contribution in [-0.2, 0) is 7.05 Å². The summed E-state index contributed by atoms with van der Waals surface area (Å²) in [5, 5.41) is 7.94. The number of nitrogens with one attached hydrogen (secondary N) is 1. The van der Waals surface area contributed by atoms with Gasteiger partial charge in [-0.05, 0) is 39.4 Å². The maximum Gasteiger partial charge on any atom is 0.0537 e. The SMILES string of the molecule is CCN1CCC(NC(C)c2cnn(C)c2)CC1. The summed E-state index contributed by atoms with van der Waals surface area (Å²) in [5.74, 6) is 0. The number of piperidine rings is 1. The standard InChI is InChI=1S/C13H24N4/c1-4-17-7-5-13(6-8-17)15-11(2)12-9-14-16(3)10-12/h9-11,13,15H,4-8H2,1-3H3. The van der Waals surface area contributed by atoms with E-state index in [1.54, 1.807) is 0 Å². The van der Waals surface area contributed by atoms with E-state index in [2.05, 4.69) is 35.4 Å². The molecule has 2 rings (SSSR count). The summed E-state index contributed by atoms with van der Waals surface area (Å²) in [4.78, 5) is 2.52. The number of hydrogen-bond donors (Lipinski definition) is 1. The van der Waals surface area contributed by atoms with Crippen molar-refractivity contribution in [2.75, 3.05) is 19.6 Å². The van der Waals surface area contributed by atoms with E-state index in [4.69, 9.17) is 0 Å². The first kappa shape index (κ1) is 12.6. The van der Waals surface area contributed by atoms with Crippen molar-refractivity contribution < 1.29 is 0 Å². The summed E-state index contributed by atoms with van der Waals surface area (Å²) >= 11 is 0. The third-order valence-corrected chi connectivity index (χ3v) is 3.75. The normalized spacial score (nSPS) is 20.6. The predicted molar refractivity (Wildman–Crippen MR) is 69.9 cm³/mol. The lowest BCUT2D eigenvalue weighted by atomic mass is 10.0. The Morgan fingerprint density at radius 2 is 2.18 bits per heavy atom. The molecule has 0 saturated carbocycles. The first-order chi connectivity index (χ1) is 8.19. The van der Waals surface area contributed by atoms with Crippen molar-refractivity contribution in [1.29, 1.82) is 0 Å². The van der Waals surface area contributed by atoms with E-state index in [-0.39, 0.29) is 0 Å². The summed E-state index contributed by atoms with van der Waals surface area (Å²) in [7, 11) is 1.97. The van der Waals surface area contributed by atoms with E-state index in [9.17, 15) is 0 Å². The van der Waals surface area contributed by atoms with Gasteiger partial charge in [0.05, 0.1) is 6.20 Å². The quantitative estimate of drug-likeness (QED) is 0.861. The minimum absolute atomic E-state index is 0.405. The van der Waals surface area contributed by atoms with Gasteiger partial charge in [-0.15, -0.1) is 0 Å². The maximum atomic E-state index is 4.22. The molecule has 1 atom stereocenters. The van der Waals surface area contributed by atoms with Crippen LogP contribution in [0.1, 0.15) is 38.3 Å². The van der Waals surface area contributed by atoms with Crippen LogP contribution >= 0.6 is 0 Å². The fraction of sp³-hybridized carbons (Fsp3) is 0.769. The molecule has 0 aromatic carbocycles. The van der Waals surface area contributed by atoms with Gasteiger partial charge in [-0.1, -0.05) is 6.92 Å². The Hall–Kier alpha value is -0.870. The van der Waals surface area contributed by atoms with Crippen LogP contribution in [0.5, 0.6) is 0 Å². The first-order valence-electron chi connectivity index (χ1n) is 6.66. The number of aromatic nitrogens is 2. The van der Waals surface area contributed by atoms with E-state index in [0.717, 1.165) is 0 Å². The molecule has 0 bridgehead atoms. The first-order valence-corrected chi connectivity index (χ1v) is 6.66. The zero-order valence-electron chi connectivity index (χ0n) is 11.2. The van der Waals surface area contributed by atoms with E-state index in [1.807, 2.05) is 17.9 Å². The highest BCUT2D eigenvalue weighted by Gasteiger charge is 2.20. The Kier molecular flexibility index (Phi) is 4.18. The predicted octanol–water partition coefficient (Wildman–Crippen LogP) is 1.55. The average Bonchev–Trinajstić information content (AvgIpc) is 2.77. The summed E-state index contributed by atoms with van der Waals surface area (Å²) < 4.78 is 1.87. The van der Waals surface area contributed by atoms with Crippen molar-refractivity contribution in [3.05, 3.63) is 18.0 Å². The molecule has 1 N–H and O–H groups in total. The molecule has 0 aliphatic carbocycles. The molecule has 1 aliphatic rings. The second-order valence-corrected chi connectivity index (χ2v) is 5.04. The van der Waals surface area contributed by atoms with Crippen molar-refractivity contribution in [3.63, 3.8) is 0 Å². The molecule has 1 aromatic heterocycles. The van der Waals surface area contributed by atoms with Crippen LogP contribution in [0.4, 0.5) is 0 Å². The topological polar surface area (TPSA) is 33.1 Å². The highest BCUT2D eigenvalue weighted by Crippen LogP contribution is 2.16. The van der Waals surface area contributed by atoms with Gasteiger partial charge < -0.3 is 10.2 Å². The molecule has 4 nitrogen and oxygen atoms in total. The van der Waals surface area contributed by atoms with Crippen LogP contribution < -0.4 is 5.32 Å². The smallest absolute Gasteiger partial charge is 0.0537 e. The van der Waals surface area contributed by atoms with Crippen LogP contribution in [0.3, 0.4) is 0 Å². The molecule has 0 radical (unpaired) electrons. The zero-order chi connectivity index (χ0) is 12.3. The molecular weight excluding hydrogens is 212 g/mol. The minimum Gasteiger partial charge on any atom is -0.307 e. The van der Waals surface area contributed by atoms with Crippen molar-refractivity contribution in [2.24, 2.45) is 7.05 Å². The average molecular weight is 236 g/mol. The second kappa shape index (κ2) is 5.65. The number of rotatable bonds is 4.